The third kappa shape index (κ3) is 3.62. The number of hydrogen-bond acceptors (Lipinski definition) is 4. The molecule has 1 aromatic carbocycles. The molecule has 18 heavy (non-hydrogen) atoms. The standard InChI is InChI=1S/C14H21NO3/c1-16-8-9-18-14-11(10-15-12-6-7-12)4-3-5-13(14)17-2/h3-5,12,15H,6-10H2,1-2H3. The monoisotopic (exact) mass is 251 g/mol. The van der Waals surface area contributed by atoms with E-state index in [4.69, 9.17) is 14.2 Å². The van der Waals surface area contributed by atoms with Crippen LogP contribution in [0.4, 0.5) is 0 Å². The Balaban J connectivity index is 2.03. The summed E-state index contributed by atoms with van der Waals surface area (Å²) in [6.45, 7) is 1.94. The SMILES string of the molecule is COCCOc1c(CNC2CC2)cccc1OC. The van der Waals surface area contributed by atoms with E-state index >= 15 is 0 Å². The molecular weight excluding hydrogens is 230 g/mol. The van der Waals surface area contributed by atoms with E-state index in [1.54, 1.807) is 14.2 Å². The summed E-state index contributed by atoms with van der Waals surface area (Å²) in [5, 5.41) is 3.49. The molecule has 0 radical (unpaired) electrons. The maximum Gasteiger partial charge on any atom is 0.165 e. The fraction of sp³-hybridized carbons (Fsp3) is 0.571. The summed E-state index contributed by atoms with van der Waals surface area (Å²) in [7, 11) is 3.33. The summed E-state index contributed by atoms with van der Waals surface area (Å²) in [5.74, 6) is 1.60. The van der Waals surface area contributed by atoms with E-state index in [0.717, 1.165) is 23.6 Å². The largest absolute Gasteiger partial charge is 0.493 e. The average molecular weight is 251 g/mol. The van der Waals surface area contributed by atoms with Gasteiger partial charge in [-0.2, -0.15) is 0 Å². The van der Waals surface area contributed by atoms with Gasteiger partial charge in [-0.15, -0.1) is 0 Å². The van der Waals surface area contributed by atoms with E-state index in [9.17, 15) is 0 Å². The van der Waals surface area contributed by atoms with Gasteiger partial charge < -0.3 is 19.5 Å². The van der Waals surface area contributed by atoms with Crippen LogP contribution in [0, 0.1) is 0 Å². The minimum atomic E-state index is 0.535. The van der Waals surface area contributed by atoms with Gasteiger partial charge in [0.25, 0.3) is 0 Å². The highest BCUT2D eigenvalue weighted by atomic mass is 16.5. The van der Waals surface area contributed by atoms with Crippen LogP contribution in [-0.4, -0.2) is 33.5 Å². The Labute approximate surface area is 108 Å². The number of rotatable bonds is 8. The van der Waals surface area contributed by atoms with Gasteiger partial charge in [0, 0.05) is 25.3 Å². The Morgan fingerprint density at radius 3 is 2.72 bits per heavy atom. The van der Waals surface area contributed by atoms with Gasteiger partial charge in [-0.3, -0.25) is 0 Å². The number of ether oxygens (including phenoxy) is 3. The van der Waals surface area contributed by atoms with E-state index in [-0.39, 0.29) is 0 Å². The number of benzene rings is 1. The predicted octanol–water partition coefficient (Wildman–Crippen LogP) is 1.97. The first-order valence-electron chi connectivity index (χ1n) is 6.36. The summed E-state index contributed by atoms with van der Waals surface area (Å²) in [4.78, 5) is 0. The van der Waals surface area contributed by atoms with Gasteiger partial charge in [0.15, 0.2) is 11.5 Å². The second-order valence-corrected chi connectivity index (χ2v) is 4.44. The lowest BCUT2D eigenvalue weighted by atomic mass is 10.2. The van der Waals surface area contributed by atoms with Crippen LogP contribution in [0.25, 0.3) is 0 Å². The average Bonchev–Trinajstić information content (AvgIpc) is 3.21. The molecular formula is C14H21NO3. The fourth-order valence-electron chi connectivity index (χ4n) is 1.79. The topological polar surface area (TPSA) is 39.7 Å². The number of nitrogens with one attached hydrogen (secondary N) is 1. The van der Waals surface area contributed by atoms with Gasteiger partial charge in [0.1, 0.15) is 6.61 Å². The molecule has 0 bridgehead atoms. The predicted molar refractivity (Wildman–Crippen MR) is 70.2 cm³/mol. The lowest BCUT2D eigenvalue weighted by Crippen LogP contribution is -2.17. The van der Waals surface area contributed by atoms with Gasteiger partial charge in [0.05, 0.1) is 13.7 Å². The molecule has 1 aromatic rings. The van der Waals surface area contributed by atoms with Crippen molar-refractivity contribution >= 4 is 0 Å². The van der Waals surface area contributed by atoms with Gasteiger partial charge in [-0.25, -0.2) is 0 Å². The smallest absolute Gasteiger partial charge is 0.165 e. The van der Waals surface area contributed by atoms with Crippen LogP contribution in [0.5, 0.6) is 11.5 Å². The lowest BCUT2D eigenvalue weighted by Gasteiger charge is -2.15. The van der Waals surface area contributed by atoms with Crippen LogP contribution in [0.2, 0.25) is 0 Å². The molecule has 1 N–H and O–H groups in total. The minimum Gasteiger partial charge on any atom is -0.493 e. The first-order chi connectivity index (χ1) is 8.85. The lowest BCUT2D eigenvalue weighted by molar-refractivity contribution is 0.143. The summed E-state index contributed by atoms with van der Waals surface area (Å²) >= 11 is 0. The summed E-state index contributed by atoms with van der Waals surface area (Å²) < 4.78 is 16.1. The Morgan fingerprint density at radius 1 is 1.22 bits per heavy atom. The molecule has 1 aliphatic rings. The molecule has 0 amide bonds. The van der Waals surface area contributed by atoms with Crippen LogP contribution in [-0.2, 0) is 11.3 Å². The molecule has 1 saturated carbocycles. The molecule has 4 heteroatoms. The molecule has 0 unspecified atom stereocenters. The van der Waals surface area contributed by atoms with Crippen LogP contribution >= 0.6 is 0 Å². The van der Waals surface area contributed by atoms with Gasteiger partial charge in [0.2, 0.25) is 0 Å². The molecule has 0 aliphatic heterocycles. The highest BCUT2D eigenvalue weighted by molar-refractivity contribution is 5.46. The van der Waals surface area contributed by atoms with Gasteiger partial charge >= 0.3 is 0 Å². The molecule has 4 nitrogen and oxygen atoms in total. The van der Waals surface area contributed by atoms with Crippen molar-refractivity contribution < 1.29 is 14.2 Å². The van der Waals surface area contributed by atoms with Crippen LogP contribution in [0.15, 0.2) is 18.2 Å². The van der Waals surface area contributed by atoms with Crippen molar-refractivity contribution in [3.63, 3.8) is 0 Å². The minimum absolute atomic E-state index is 0.535. The fourth-order valence-corrected chi connectivity index (χ4v) is 1.79. The van der Waals surface area contributed by atoms with E-state index in [0.29, 0.717) is 19.3 Å². The molecule has 1 fully saturated rings. The quantitative estimate of drug-likeness (QED) is 0.717. The third-order valence-electron chi connectivity index (χ3n) is 2.97. The highest BCUT2D eigenvalue weighted by Crippen LogP contribution is 2.31. The molecule has 2 rings (SSSR count). The van der Waals surface area contributed by atoms with Crippen molar-refractivity contribution in [1.82, 2.24) is 5.32 Å². The van der Waals surface area contributed by atoms with E-state index in [1.165, 1.54) is 12.8 Å². The molecule has 0 saturated heterocycles. The molecule has 1 aliphatic carbocycles. The molecule has 0 spiro atoms. The molecule has 100 valence electrons. The zero-order chi connectivity index (χ0) is 12.8. The maximum absolute atomic E-state index is 5.76. The van der Waals surface area contributed by atoms with Crippen molar-refractivity contribution in [3.8, 4) is 11.5 Å². The van der Waals surface area contributed by atoms with Crippen LogP contribution in [0.1, 0.15) is 18.4 Å². The van der Waals surface area contributed by atoms with Crippen molar-refractivity contribution in [2.45, 2.75) is 25.4 Å². The van der Waals surface area contributed by atoms with Crippen molar-refractivity contribution in [3.05, 3.63) is 23.8 Å². The second kappa shape index (κ2) is 6.61. The zero-order valence-corrected chi connectivity index (χ0v) is 11.1. The third-order valence-corrected chi connectivity index (χ3v) is 2.97. The summed E-state index contributed by atoms with van der Waals surface area (Å²) in [5.41, 5.74) is 1.14. The van der Waals surface area contributed by atoms with Crippen molar-refractivity contribution in [1.29, 1.82) is 0 Å². The van der Waals surface area contributed by atoms with E-state index in [1.807, 2.05) is 12.1 Å². The summed E-state index contributed by atoms with van der Waals surface area (Å²) in [6.07, 6.45) is 2.56. The molecule has 0 heterocycles. The first kappa shape index (κ1) is 13.2. The van der Waals surface area contributed by atoms with E-state index < -0.39 is 0 Å². The van der Waals surface area contributed by atoms with Crippen LogP contribution in [0.3, 0.4) is 0 Å². The molecule has 0 aromatic heterocycles. The maximum atomic E-state index is 5.76. The Kier molecular flexibility index (Phi) is 4.84. The Morgan fingerprint density at radius 2 is 2.06 bits per heavy atom. The normalized spacial score (nSPS) is 14.6. The Bertz CT molecular complexity index is 377. The van der Waals surface area contributed by atoms with Crippen LogP contribution < -0.4 is 14.8 Å². The van der Waals surface area contributed by atoms with Gasteiger partial charge in [-0.05, 0) is 18.9 Å². The first-order valence-corrected chi connectivity index (χ1v) is 6.36. The second-order valence-electron chi connectivity index (χ2n) is 4.44. The van der Waals surface area contributed by atoms with Gasteiger partial charge in [-0.1, -0.05) is 12.1 Å². The summed E-state index contributed by atoms with van der Waals surface area (Å²) in [6, 6.07) is 6.66. The van der Waals surface area contributed by atoms with Crippen molar-refractivity contribution in [2.75, 3.05) is 27.4 Å². The number of para-hydroxylation sites is 1. The molecule has 0 atom stereocenters. The Hall–Kier alpha value is -1.26. The highest BCUT2D eigenvalue weighted by Gasteiger charge is 2.21. The number of methoxy groups -OCH3 is 2. The van der Waals surface area contributed by atoms with Crippen molar-refractivity contribution in [2.24, 2.45) is 0 Å². The number of hydrogen-bond donors (Lipinski definition) is 1. The zero-order valence-electron chi connectivity index (χ0n) is 11.1. The van der Waals surface area contributed by atoms with E-state index in [2.05, 4.69) is 11.4 Å².